The van der Waals surface area contributed by atoms with Crippen LogP contribution in [0.4, 0.5) is 5.13 Å². The van der Waals surface area contributed by atoms with Crippen molar-refractivity contribution in [2.45, 2.75) is 12.8 Å². The number of morpholine rings is 1. The van der Waals surface area contributed by atoms with Gasteiger partial charge in [0.05, 0.1) is 25.3 Å². The van der Waals surface area contributed by atoms with Gasteiger partial charge in [0.15, 0.2) is 11.0 Å². The highest BCUT2D eigenvalue weighted by atomic mass is 32.1. The van der Waals surface area contributed by atoms with Crippen molar-refractivity contribution in [3.05, 3.63) is 22.7 Å². The van der Waals surface area contributed by atoms with Crippen LogP contribution in [0, 0.1) is 0 Å². The van der Waals surface area contributed by atoms with E-state index in [0.29, 0.717) is 11.6 Å². The van der Waals surface area contributed by atoms with Gasteiger partial charge in [0.1, 0.15) is 5.82 Å². The fourth-order valence-electron chi connectivity index (χ4n) is 2.18. The number of hydrogen-bond acceptors (Lipinski definition) is 7. The average molecular weight is 294 g/mol. The highest BCUT2D eigenvalue weighted by Gasteiger charge is 2.12. The summed E-state index contributed by atoms with van der Waals surface area (Å²) in [6.45, 7) is 4.62. The van der Waals surface area contributed by atoms with Gasteiger partial charge < -0.3 is 10.5 Å². The molecule has 3 heterocycles. The average Bonchev–Trinajstić information content (AvgIpc) is 3.08. The zero-order chi connectivity index (χ0) is 13.8. The summed E-state index contributed by atoms with van der Waals surface area (Å²) in [7, 11) is 0. The number of anilines is 1. The first-order valence-corrected chi connectivity index (χ1v) is 7.58. The van der Waals surface area contributed by atoms with E-state index in [4.69, 9.17) is 10.5 Å². The van der Waals surface area contributed by atoms with E-state index in [0.717, 1.165) is 56.6 Å². The fourth-order valence-corrected chi connectivity index (χ4v) is 2.75. The molecule has 1 fully saturated rings. The largest absolute Gasteiger partial charge is 0.379 e. The number of nitrogens with one attached hydrogen (secondary N) is 1. The standard InChI is InChI=1S/C12H18N6OS/c13-12-14-9(8-20-12)7-11-15-10(16-17-11)1-2-18-3-5-19-6-4-18/h8H,1-7H2,(H2,13,14)(H,15,16,17). The third-order valence-corrected chi connectivity index (χ3v) is 3.97. The molecule has 1 aliphatic heterocycles. The Balaban J connectivity index is 1.51. The Morgan fingerprint density at radius 3 is 2.95 bits per heavy atom. The molecule has 0 amide bonds. The zero-order valence-corrected chi connectivity index (χ0v) is 12.0. The van der Waals surface area contributed by atoms with Gasteiger partial charge in [-0.1, -0.05) is 0 Å². The maximum Gasteiger partial charge on any atom is 0.180 e. The molecule has 0 aliphatic carbocycles. The molecule has 3 rings (SSSR count). The number of nitrogens with two attached hydrogens (primary N) is 1. The molecule has 0 spiro atoms. The minimum atomic E-state index is 0.590. The first-order chi connectivity index (χ1) is 9.79. The van der Waals surface area contributed by atoms with E-state index in [2.05, 4.69) is 25.1 Å². The predicted molar refractivity (Wildman–Crippen MR) is 76.7 cm³/mol. The van der Waals surface area contributed by atoms with Crippen molar-refractivity contribution in [3.8, 4) is 0 Å². The van der Waals surface area contributed by atoms with Crippen LogP contribution < -0.4 is 5.73 Å². The highest BCUT2D eigenvalue weighted by molar-refractivity contribution is 7.13. The number of aromatic nitrogens is 4. The van der Waals surface area contributed by atoms with Gasteiger partial charge in [0.2, 0.25) is 0 Å². The van der Waals surface area contributed by atoms with Crippen LogP contribution in [0.1, 0.15) is 17.3 Å². The lowest BCUT2D eigenvalue weighted by Crippen LogP contribution is -2.37. The maximum absolute atomic E-state index is 5.61. The summed E-state index contributed by atoms with van der Waals surface area (Å²) in [4.78, 5) is 11.1. The van der Waals surface area contributed by atoms with Gasteiger partial charge in [0, 0.05) is 31.4 Å². The second-order valence-electron chi connectivity index (χ2n) is 4.76. The van der Waals surface area contributed by atoms with Crippen molar-refractivity contribution in [2.75, 3.05) is 38.6 Å². The summed E-state index contributed by atoms with van der Waals surface area (Å²) < 4.78 is 5.33. The van der Waals surface area contributed by atoms with Gasteiger partial charge in [0.25, 0.3) is 0 Å². The van der Waals surface area contributed by atoms with Crippen molar-refractivity contribution in [1.29, 1.82) is 0 Å². The van der Waals surface area contributed by atoms with Crippen LogP contribution >= 0.6 is 11.3 Å². The smallest absolute Gasteiger partial charge is 0.180 e. The molecular formula is C12H18N6OS. The van der Waals surface area contributed by atoms with E-state index < -0.39 is 0 Å². The Hall–Kier alpha value is -1.51. The number of H-pyrrole nitrogens is 1. The predicted octanol–water partition coefficient (Wildman–Crippen LogP) is 0.309. The molecule has 0 aromatic carbocycles. The van der Waals surface area contributed by atoms with Gasteiger partial charge >= 0.3 is 0 Å². The normalized spacial score (nSPS) is 16.6. The Kier molecular flexibility index (Phi) is 4.24. The zero-order valence-electron chi connectivity index (χ0n) is 11.2. The van der Waals surface area contributed by atoms with E-state index in [1.807, 2.05) is 5.38 Å². The number of aromatic amines is 1. The SMILES string of the molecule is Nc1nc(Cc2nc(CCN3CCOCC3)n[nH]2)cs1. The van der Waals surface area contributed by atoms with Crippen molar-refractivity contribution >= 4 is 16.5 Å². The van der Waals surface area contributed by atoms with Gasteiger partial charge in [-0.3, -0.25) is 10.00 Å². The molecule has 0 atom stereocenters. The molecule has 0 radical (unpaired) electrons. The summed E-state index contributed by atoms with van der Waals surface area (Å²) >= 11 is 1.45. The minimum Gasteiger partial charge on any atom is -0.379 e. The van der Waals surface area contributed by atoms with Crippen molar-refractivity contribution in [3.63, 3.8) is 0 Å². The molecule has 0 bridgehead atoms. The Morgan fingerprint density at radius 1 is 1.35 bits per heavy atom. The number of rotatable bonds is 5. The Morgan fingerprint density at radius 2 is 2.20 bits per heavy atom. The quantitative estimate of drug-likeness (QED) is 0.824. The number of ether oxygens (including phenoxy) is 1. The molecule has 3 N–H and O–H groups in total. The number of nitrogen functional groups attached to an aromatic ring is 1. The summed E-state index contributed by atoms with van der Waals surface area (Å²) in [5.41, 5.74) is 6.55. The van der Waals surface area contributed by atoms with E-state index in [-0.39, 0.29) is 0 Å². The molecular weight excluding hydrogens is 276 g/mol. The summed E-state index contributed by atoms with van der Waals surface area (Å²) in [6, 6.07) is 0. The molecule has 20 heavy (non-hydrogen) atoms. The lowest BCUT2D eigenvalue weighted by molar-refractivity contribution is 0.0382. The number of nitrogens with zero attached hydrogens (tertiary/aromatic N) is 4. The molecule has 8 heteroatoms. The number of thiazole rings is 1. The molecule has 7 nitrogen and oxygen atoms in total. The second-order valence-corrected chi connectivity index (χ2v) is 5.65. The van der Waals surface area contributed by atoms with E-state index in [1.165, 1.54) is 11.3 Å². The van der Waals surface area contributed by atoms with E-state index in [1.54, 1.807) is 0 Å². The topological polar surface area (TPSA) is 92.9 Å². The second kappa shape index (κ2) is 6.29. The lowest BCUT2D eigenvalue weighted by atomic mass is 10.3. The van der Waals surface area contributed by atoms with Crippen molar-refractivity contribution in [1.82, 2.24) is 25.1 Å². The first kappa shape index (κ1) is 13.5. The Bertz CT molecular complexity index is 548. The van der Waals surface area contributed by atoms with Crippen LogP contribution in [0.2, 0.25) is 0 Å². The van der Waals surface area contributed by atoms with Gasteiger partial charge in [-0.15, -0.1) is 11.3 Å². The first-order valence-electron chi connectivity index (χ1n) is 6.70. The summed E-state index contributed by atoms with van der Waals surface area (Å²) in [5, 5.41) is 9.76. The van der Waals surface area contributed by atoms with Crippen molar-refractivity contribution in [2.24, 2.45) is 0 Å². The van der Waals surface area contributed by atoms with Crippen LogP contribution in [0.5, 0.6) is 0 Å². The minimum absolute atomic E-state index is 0.590. The monoisotopic (exact) mass is 294 g/mol. The Labute approximate surface area is 121 Å². The summed E-state index contributed by atoms with van der Waals surface area (Å²) in [5.74, 6) is 1.70. The molecule has 1 aliphatic rings. The molecule has 0 unspecified atom stereocenters. The van der Waals surface area contributed by atoms with Crippen LogP contribution in [0.3, 0.4) is 0 Å². The maximum atomic E-state index is 5.61. The summed E-state index contributed by atoms with van der Waals surface area (Å²) in [6.07, 6.45) is 1.51. The van der Waals surface area contributed by atoms with E-state index >= 15 is 0 Å². The lowest BCUT2D eigenvalue weighted by Gasteiger charge is -2.25. The number of hydrogen-bond donors (Lipinski definition) is 2. The van der Waals surface area contributed by atoms with E-state index in [9.17, 15) is 0 Å². The third-order valence-electron chi connectivity index (χ3n) is 3.25. The molecule has 0 saturated carbocycles. The van der Waals surface area contributed by atoms with Crippen LogP contribution in [0.15, 0.2) is 5.38 Å². The van der Waals surface area contributed by atoms with Crippen LogP contribution in [0.25, 0.3) is 0 Å². The van der Waals surface area contributed by atoms with Gasteiger partial charge in [-0.25, -0.2) is 9.97 Å². The third kappa shape index (κ3) is 3.53. The molecule has 2 aromatic heterocycles. The van der Waals surface area contributed by atoms with Gasteiger partial charge in [-0.2, -0.15) is 5.10 Å². The highest BCUT2D eigenvalue weighted by Crippen LogP contribution is 2.13. The molecule has 108 valence electrons. The fraction of sp³-hybridized carbons (Fsp3) is 0.583. The molecule has 2 aromatic rings. The van der Waals surface area contributed by atoms with Crippen LogP contribution in [-0.4, -0.2) is 57.9 Å². The van der Waals surface area contributed by atoms with Gasteiger partial charge in [-0.05, 0) is 0 Å². The van der Waals surface area contributed by atoms with Crippen LogP contribution in [-0.2, 0) is 17.6 Å². The molecule has 1 saturated heterocycles. The van der Waals surface area contributed by atoms with Crippen molar-refractivity contribution < 1.29 is 4.74 Å².